The molecule has 0 aliphatic carbocycles. The highest BCUT2D eigenvalue weighted by atomic mass is 32.2. The van der Waals surface area contributed by atoms with E-state index in [2.05, 4.69) is 15.0 Å². The Bertz CT molecular complexity index is 885. The molecule has 2 atom stereocenters. The summed E-state index contributed by atoms with van der Waals surface area (Å²) in [6.45, 7) is 5.25. The Hall–Kier alpha value is -2.29. The van der Waals surface area contributed by atoms with Gasteiger partial charge >= 0.3 is 0 Å². The number of rotatable bonds is 5. The standard InChI is InChI=1S/C19H24N4O3S/c1-14-5-7-17(8-6-14)27(25,26)22-15(2)19(24)23-11-10-21-13-18(23)16-4-3-9-20-12-16/h3-9,12,15,18,21-22H,10-11,13H2,1-2H3. The fourth-order valence-electron chi connectivity index (χ4n) is 3.16. The summed E-state index contributed by atoms with van der Waals surface area (Å²) in [5, 5.41) is 3.28. The van der Waals surface area contributed by atoms with Gasteiger partial charge in [0.25, 0.3) is 0 Å². The molecule has 0 radical (unpaired) electrons. The molecule has 2 heterocycles. The maximum absolute atomic E-state index is 13.0. The van der Waals surface area contributed by atoms with Crippen molar-refractivity contribution < 1.29 is 13.2 Å². The van der Waals surface area contributed by atoms with Crippen LogP contribution in [0.25, 0.3) is 0 Å². The van der Waals surface area contributed by atoms with Crippen molar-refractivity contribution in [2.75, 3.05) is 19.6 Å². The van der Waals surface area contributed by atoms with Gasteiger partial charge in [0.05, 0.1) is 17.0 Å². The van der Waals surface area contributed by atoms with Gasteiger partial charge in [-0.3, -0.25) is 9.78 Å². The maximum atomic E-state index is 13.0. The SMILES string of the molecule is Cc1ccc(S(=O)(=O)NC(C)C(=O)N2CCNCC2c2cccnc2)cc1. The molecule has 144 valence electrons. The number of hydrogen-bond donors (Lipinski definition) is 2. The van der Waals surface area contributed by atoms with E-state index in [-0.39, 0.29) is 16.8 Å². The monoisotopic (exact) mass is 388 g/mol. The first-order chi connectivity index (χ1) is 12.9. The third-order valence-electron chi connectivity index (χ3n) is 4.63. The molecule has 1 aromatic heterocycles. The molecule has 2 N–H and O–H groups in total. The highest BCUT2D eigenvalue weighted by molar-refractivity contribution is 7.89. The van der Waals surface area contributed by atoms with Crippen LogP contribution in [0.15, 0.2) is 53.7 Å². The summed E-state index contributed by atoms with van der Waals surface area (Å²) in [4.78, 5) is 19.0. The minimum absolute atomic E-state index is 0.150. The number of hydrogen-bond acceptors (Lipinski definition) is 5. The van der Waals surface area contributed by atoms with E-state index < -0.39 is 16.1 Å². The molecule has 0 bridgehead atoms. The number of sulfonamides is 1. The van der Waals surface area contributed by atoms with Crippen LogP contribution in [0, 0.1) is 6.92 Å². The molecule has 7 nitrogen and oxygen atoms in total. The third kappa shape index (κ3) is 4.52. The molecule has 2 aromatic rings. The Morgan fingerprint density at radius 2 is 2.04 bits per heavy atom. The van der Waals surface area contributed by atoms with Crippen molar-refractivity contribution in [3.63, 3.8) is 0 Å². The van der Waals surface area contributed by atoms with Crippen LogP contribution < -0.4 is 10.0 Å². The van der Waals surface area contributed by atoms with Gasteiger partial charge in [0.15, 0.2) is 0 Å². The highest BCUT2D eigenvalue weighted by Gasteiger charge is 2.32. The lowest BCUT2D eigenvalue weighted by molar-refractivity contribution is -0.136. The number of aryl methyl sites for hydroxylation is 1. The van der Waals surface area contributed by atoms with Gasteiger partial charge in [0.2, 0.25) is 15.9 Å². The highest BCUT2D eigenvalue weighted by Crippen LogP contribution is 2.22. The summed E-state index contributed by atoms with van der Waals surface area (Å²) < 4.78 is 27.7. The largest absolute Gasteiger partial charge is 0.332 e. The van der Waals surface area contributed by atoms with E-state index in [1.165, 1.54) is 12.1 Å². The average molecular weight is 388 g/mol. The molecule has 2 unspecified atom stereocenters. The van der Waals surface area contributed by atoms with Crippen LogP contribution in [0.2, 0.25) is 0 Å². The second-order valence-electron chi connectivity index (χ2n) is 6.69. The Labute approximate surface area is 159 Å². The zero-order chi connectivity index (χ0) is 19.4. The number of nitrogens with one attached hydrogen (secondary N) is 2. The Morgan fingerprint density at radius 1 is 1.30 bits per heavy atom. The molecule has 1 aromatic carbocycles. The third-order valence-corrected chi connectivity index (χ3v) is 6.19. The van der Waals surface area contributed by atoms with E-state index in [0.29, 0.717) is 19.6 Å². The van der Waals surface area contributed by atoms with Crippen molar-refractivity contribution in [1.82, 2.24) is 19.9 Å². The number of nitrogens with zero attached hydrogens (tertiary/aromatic N) is 2. The number of piperazine rings is 1. The summed E-state index contributed by atoms with van der Waals surface area (Å²) in [5.74, 6) is -0.249. The zero-order valence-electron chi connectivity index (χ0n) is 15.4. The van der Waals surface area contributed by atoms with Crippen LogP contribution in [0.4, 0.5) is 0 Å². The van der Waals surface area contributed by atoms with Crippen LogP contribution in [-0.4, -0.2) is 49.9 Å². The smallest absolute Gasteiger partial charge is 0.241 e. The first-order valence-electron chi connectivity index (χ1n) is 8.88. The second-order valence-corrected chi connectivity index (χ2v) is 8.41. The number of aromatic nitrogens is 1. The fraction of sp³-hybridized carbons (Fsp3) is 0.368. The summed E-state index contributed by atoms with van der Waals surface area (Å²) >= 11 is 0. The average Bonchev–Trinajstić information content (AvgIpc) is 2.68. The Morgan fingerprint density at radius 3 is 2.70 bits per heavy atom. The topological polar surface area (TPSA) is 91.4 Å². The van der Waals surface area contributed by atoms with Crippen LogP contribution >= 0.6 is 0 Å². The predicted octanol–water partition coefficient (Wildman–Crippen LogP) is 1.23. The first-order valence-corrected chi connectivity index (χ1v) is 10.4. The van der Waals surface area contributed by atoms with E-state index in [9.17, 15) is 13.2 Å². The minimum Gasteiger partial charge on any atom is -0.332 e. The summed E-state index contributed by atoms with van der Waals surface area (Å²) in [7, 11) is -3.77. The van der Waals surface area contributed by atoms with Gasteiger partial charge in [-0.05, 0) is 37.6 Å². The van der Waals surface area contributed by atoms with Crippen molar-refractivity contribution in [3.05, 3.63) is 59.9 Å². The van der Waals surface area contributed by atoms with Crippen molar-refractivity contribution in [2.45, 2.75) is 30.8 Å². The van der Waals surface area contributed by atoms with Crippen LogP contribution in [-0.2, 0) is 14.8 Å². The van der Waals surface area contributed by atoms with E-state index in [4.69, 9.17) is 0 Å². The Kier molecular flexibility index (Phi) is 5.88. The number of pyridine rings is 1. The number of amides is 1. The molecule has 1 fully saturated rings. The fourth-order valence-corrected chi connectivity index (χ4v) is 4.35. The van der Waals surface area contributed by atoms with E-state index in [1.54, 1.807) is 36.4 Å². The van der Waals surface area contributed by atoms with Gasteiger partial charge in [-0.1, -0.05) is 23.8 Å². The van der Waals surface area contributed by atoms with Crippen LogP contribution in [0.5, 0.6) is 0 Å². The van der Waals surface area contributed by atoms with Gasteiger partial charge in [-0.25, -0.2) is 8.42 Å². The zero-order valence-corrected chi connectivity index (χ0v) is 16.2. The molecule has 1 saturated heterocycles. The van der Waals surface area contributed by atoms with Crippen molar-refractivity contribution in [1.29, 1.82) is 0 Å². The molecular formula is C19H24N4O3S. The molecule has 1 aliphatic rings. The minimum atomic E-state index is -3.77. The summed E-state index contributed by atoms with van der Waals surface area (Å²) in [6.07, 6.45) is 3.42. The van der Waals surface area contributed by atoms with E-state index >= 15 is 0 Å². The molecule has 1 aliphatic heterocycles. The number of benzene rings is 1. The van der Waals surface area contributed by atoms with Crippen LogP contribution in [0.1, 0.15) is 24.1 Å². The van der Waals surface area contributed by atoms with Gasteiger partial charge in [-0.2, -0.15) is 4.72 Å². The first kappa shape index (κ1) is 19.5. The number of carbonyl (C=O) groups excluding carboxylic acids is 1. The molecule has 0 saturated carbocycles. The molecule has 3 rings (SSSR count). The van der Waals surface area contributed by atoms with Crippen molar-refractivity contribution >= 4 is 15.9 Å². The van der Waals surface area contributed by atoms with E-state index in [1.807, 2.05) is 19.1 Å². The van der Waals surface area contributed by atoms with Crippen molar-refractivity contribution in [2.24, 2.45) is 0 Å². The summed E-state index contributed by atoms with van der Waals surface area (Å²) in [6, 6.07) is 9.25. The molecule has 27 heavy (non-hydrogen) atoms. The van der Waals surface area contributed by atoms with Crippen LogP contribution in [0.3, 0.4) is 0 Å². The molecule has 0 spiro atoms. The predicted molar refractivity (Wildman–Crippen MR) is 103 cm³/mol. The van der Waals surface area contributed by atoms with Gasteiger partial charge in [-0.15, -0.1) is 0 Å². The molecular weight excluding hydrogens is 364 g/mol. The lowest BCUT2D eigenvalue weighted by atomic mass is 10.0. The second kappa shape index (κ2) is 8.16. The Balaban J connectivity index is 1.76. The molecule has 1 amide bonds. The van der Waals surface area contributed by atoms with Gasteiger partial charge in [0, 0.05) is 32.0 Å². The molecule has 8 heteroatoms. The van der Waals surface area contributed by atoms with Gasteiger partial charge < -0.3 is 10.2 Å². The number of carbonyl (C=O) groups is 1. The van der Waals surface area contributed by atoms with E-state index in [0.717, 1.165) is 11.1 Å². The lowest BCUT2D eigenvalue weighted by Crippen LogP contribution is -2.54. The lowest BCUT2D eigenvalue weighted by Gasteiger charge is -2.37. The summed E-state index contributed by atoms with van der Waals surface area (Å²) in [5.41, 5.74) is 1.89. The van der Waals surface area contributed by atoms with Gasteiger partial charge in [0.1, 0.15) is 0 Å². The quantitative estimate of drug-likeness (QED) is 0.804. The maximum Gasteiger partial charge on any atom is 0.241 e. The van der Waals surface area contributed by atoms with Crippen molar-refractivity contribution in [3.8, 4) is 0 Å². The normalized spacial score (nSPS) is 18.9.